The van der Waals surface area contributed by atoms with Crippen LogP contribution in [0.1, 0.15) is 25.3 Å². The molecule has 0 aromatic heterocycles. The number of non-ortho nitro benzene ring substituents is 1. The predicted octanol–water partition coefficient (Wildman–Crippen LogP) is 2.23. The number of dihydropyridines is 1. The van der Waals surface area contributed by atoms with E-state index in [0.717, 1.165) is 11.8 Å². The number of nitrogens with one attached hydrogen (secondary N) is 2. The minimum absolute atomic E-state index is 0.0353. The fraction of sp³-hybridized carbons (Fsp3) is 0.294. The van der Waals surface area contributed by atoms with E-state index < -0.39 is 21.7 Å². The van der Waals surface area contributed by atoms with Crippen LogP contribution in [0.3, 0.4) is 0 Å². The summed E-state index contributed by atoms with van der Waals surface area (Å²) in [5, 5.41) is 33.0. The fourth-order valence-electron chi connectivity index (χ4n) is 2.98. The summed E-state index contributed by atoms with van der Waals surface area (Å²) in [5.74, 6) is -1.91. The van der Waals surface area contributed by atoms with Crippen molar-refractivity contribution in [3.05, 3.63) is 72.7 Å². The van der Waals surface area contributed by atoms with Gasteiger partial charge >= 0.3 is 5.97 Å². The number of esters is 1. The minimum atomic E-state index is -1.19. The van der Waals surface area contributed by atoms with Crippen molar-refractivity contribution in [1.29, 1.82) is 5.41 Å². The van der Waals surface area contributed by atoms with E-state index in [1.165, 1.54) is 31.2 Å². The first kappa shape index (κ1) is 21.9. The van der Waals surface area contributed by atoms with Gasteiger partial charge in [-0.1, -0.05) is 23.9 Å². The highest BCUT2D eigenvalue weighted by Gasteiger charge is 2.42. The van der Waals surface area contributed by atoms with Crippen LogP contribution in [0.15, 0.2) is 46.9 Å². The molecule has 0 radical (unpaired) electrons. The molecule has 4 N–H and O–H groups in total. The lowest BCUT2D eigenvalue weighted by Crippen LogP contribution is -2.33. The lowest BCUT2D eigenvalue weighted by Gasteiger charge is -2.27. The number of hydrogen-bond acceptors (Lipinski definition) is 9. The third-order valence-corrected chi connectivity index (χ3v) is 4.83. The summed E-state index contributed by atoms with van der Waals surface area (Å²) >= 11 is 0.926. The predicted molar refractivity (Wildman–Crippen MR) is 107 cm³/mol. The van der Waals surface area contributed by atoms with Crippen LogP contribution in [0.2, 0.25) is 0 Å². The number of nitrogens with two attached hydrogens (primary N) is 1. The summed E-state index contributed by atoms with van der Waals surface area (Å²) in [6.07, 6.45) is 0. The lowest BCUT2D eigenvalue weighted by atomic mass is 9.84. The Kier molecular flexibility index (Phi) is 6.93. The molecular weight excluding hydrogens is 402 g/mol. The normalized spacial score (nSPS) is 16.3. The highest BCUT2D eigenvalue weighted by Crippen LogP contribution is 2.40. The number of thioether (sulfide) groups is 1. The summed E-state index contributed by atoms with van der Waals surface area (Å²) in [4.78, 5) is 34.5. The minimum Gasteiger partial charge on any atom is -0.463 e. The SMILES string of the molecule is CCOC(=O)C1=C(CSC(=N)N)NC(C)=C([N+](=O)[O-])C1c1cccc([N+](=O)[O-])c1. The molecule has 1 aliphatic heterocycles. The van der Waals surface area contributed by atoms with Gasteiger partial charge in [-0.15, -0.1) is 0 Å². The highest BCUT2D eigenvalue weighted by molar-refractivity contribution is 8.13. The molecule has 0 bridgehead atoms. The first-order chi connectivity index (χ1) is 13.7. The monoisotopic (exact) mass is 421 g/mol. The Balaban J connectivity index is 2.73. The lowest BCUT2D eigenvalue weighted by molar-refractivity contribution is -0.431. The zero-order valence-electron chi connectivity index (χ0n) is 15.6. The van der Waals surface area contributed by atoms with Gasteiger partial charge in [-0.05, 0) is 19.4 Å². The Bertz CT molecular complexity index is 942. The Hall–Kier alpha value is -3.41. The van der Waals surface area contributed by atoms with E-state index in [2.05, 4.69) is 5.32 Å². The summed E-state index contributed by atoms with van der Waals surface area (Å²) in [7, 11) is 0. The Morgan fingerprint density at radius 2 is 2.03 bits per heavy atom. The van der Waals surface area contributed by atoms with Gasteiger partial charge in [-0.25, -0.2) is 4.79 Å². The van der Waals surface area contributed by atoms with E-state index in [9.17, 15) is 25.0 Å². The number of amidine groups is 1. The van der Waals surface area contributed by atoms with Crippen molar-refractivity contribution in [3.63, 3.8) is 0 Å². The number of ether oxygens (including phenoxy) is 1. The van der Waals surface area contributed by atoms with Gasteiger partial charge in [-0.2, -0.15) is 0 Å². The van der Waals surface area contributed by atoms with Crippen molar-refractivity contribution in [3.8, 4) is 0 Å². The molecule has 1 aliphatic rings. The molecule has 0 aliphatic carbocycles. The molecule has 0 saturated carbocycles. The molecular formula is C17H19N5O6S. The van der Waals surface area contributed by atoms with E-state index in [1.54, 1.807) is 6.92 Å². The molecule has 1 aromatic carbocycles. The highest BCUT2D eigenvalue weighted by atomic mass is 32.2. The summed E-state index contributed by atoms with van der Waals surface area (Å²) in [6, 6.07) is 5.33. The molecule has 29 heavy (non-hydrogen) atoms. The van der Waals surface area contributed by atoms with Crippen LogP contribution < -0.4 is 11.1 Å². The smallest absolute Gasteiger partial charge is 0.337 e. The van der Waals surface area contributed by atoms with Crippen LogP contribution in [0, 0.1) is 25.6 Å². The van der Waals surface area contributed by atoms with Crippen LogP contribution in [-0.4, -0.2) is 33.3 Å². The van der Waals surface area contributed by atoms with E-state index >= 15 is 0 Å². The van der Waals surface area contributed by atoms with Gasteiger partial charge in [0.2, 0.25) is 0 Å². The zero-order valence-corrected chi connectivity index (χ0v) is 16.4. The molecule has 12 heteroatoms. The topological polar surface area (TPSA) is 174 Å². The second kappa shape index (κ2) is 9.19. The summed E-state index contributed by atoms with van der Waals surface area (Å²) < 4.78 is 5.10. The van der Waals surface area contributed by atoms with Gasteiger partial charge in [-0.3, -0.25) is 25.6 Å². The molecule has 1 unspecified atom stereocenters. The summed E-state index contributed by atoms with van der Waals surface area (Å²) in [6.45, 7) is 3.10. The van der Waals surface area contributed by atoms with Crippen molar-refractivity contribution in [2.45, 2.75) is 19.8 Å². The van der Waals surface area contributed by atoms with Crippen molar-refractivity contribution in [2.75, 3.05) is 12.4 Å². The molecule has 0 saturated heterocycles. The maximum Gasteiger partial charge on any atom is 0.337 e. The number of rotatable bonds is 7. The molecule has 2 rings (SSSR count). The van der Waals surface area contributed by atoms with Gasteiger partial charge in [0.05, 0.1) is 27.7 Å². The third-order valence-electron chi connectivity index (χ3n) is 4.09. The van der Waals surface area contributed by atoms with E-state index in [4.69, 9.17) is 15.9 Å². The largest absolute Gasteiger partial charge is 0.463 e. The Morgan fingerprint density at radius 1 is 1.34 bits per heavy atom. The van der Waals surface area contributed by atoms with Crippen LogP contribution >= 0.6 is 11.8 Å². The van der Waals surface area contributed by atoms with Crippen LogP contribution in [0.5, 0.6) is 0 Å². The van der Waals surface area contributed by atoms with Gasteiger partial charge in [0.1, 0.15) is 5.92 Å². The second-order valence-electron chi connectivity index (χ2n) is 5.94. The first-order valence-electron chi connectivity index (χ1n) is 8.40. The van der Waals surface area contributed by atoms with Crippen LogP contribution in [-0.2, 0) is 9.53 Å². The second-order valence-corrected chi connectivity index (χ2v) is 6.96. The number of hydrogen-bond donors (Lipinski definition) is 3. The first-order valence-corrected chi connectivity index (χ1v) is 9.39. The van der Waals surface area contributed by atoms with Crippen molar-refractivity contribution >= 4 is 28.6 Å². The number of nitro benzene ring substituents is 1. The Labute approximate surface area is 169 Å². The maximum absolute atomic E-state index is 12.7. The average Bonchev–Trinajstić information content (AvgIpc) is 2.65. The molecule has 0 amide bonds. The number of carbonyl (C=O) groups excluding carboxylic acids is 1. The number of carbonyl (C=O) groups is 1. The standard InChI is InChI=1S/C17H19N5O6S/c1-3-28-16(23)14-12(8-29-17(18)19)20-9(2)15(22(26)27)13(14)10-5-4-6-11(7-10)21(24)25/h4-7,13,20H,3,8H2,1-2H3,(H3,18,19). The number of nitrogens with zero attached hydrogens (tertiary/aromatic N) is 2. The number of allylic oxidation sites excluding steroid dienone is 2. The molecule has 0 fully saturated rings. The Morgan fingerprint density at radius 3 is 2.59 bits per heavy atom. The maximum atomic E-state index is 12.7. The van der Waals surface area contributed by atoms with Crippen molar-refractivity contribution in [2.24, 2.45) is 5.73 Å². The quantitative estimate of drug-likeness (QED) is 0.196. The van der Waals surface area contributed by atoms with Crippen molar-refractivity contribution in [1.82, 2.24) is 5.32 Å². The van der Waals surface area contributed by atoms with Gasteiger partial charge in [0, 0.05) is 23.6 Å². The van der Waals surface area contributed by atoms with Gasteiger partial charge in [0.15, 0.2) is 5.17 Å². The molecule has 1 heterocycles. The van der Waals surface area contributed by atoms with Gasteiger partial charge in [0.25, 0.3) is 11.4 Å². The third kappa shape index (κ3) is 4.90. The molecule has 0 spiro atoms. The van der Waals surface area contributed by atoms with E-state index in [0.29, 0.717) is 5.70 Å². The molecule has 1 atom stereocenters. The van der Waals surface area contributed by atoms with E-state index in [1.807, 2.05) is 0 Å². The fourth-order valence-corrected chi connectivity index (χ4v) is 3.51. The molecule has 154 valence electrons. The number of nitro groups is 2. The summed E-state index contributed by atoms with van der Waals surface area (Å²) in [5.41, 5.74) is 5.45. The molecule has 11 nitrogen and oxygen atoms in total. The van der Waals surface area contributed by atoms with Crippen LogP contribution in [0.4, 0.5) is 5.69 Å². The van der Waals surface area contributed by atoms with E-state index in [-0.39, 0.29) is 45.7 Å². The average molecular weight is 421 g/mol. The number of benzene rings is 1. The van der Waals surface area contributed by atoms with Crippen LogP contribution in [0.25, 0.3) is 0 Å². The van der Waals surface area contributed by atoms with Gasteiger partial charge < -0.3 is 15.8 Å². The molecule has 1 aromatic rings. The zero-order chi connectivity index (χ0) is 21.7. The van der Waals surface area contributed by atoms with Crippen molar-refractivity contribution < 1.29 is 19.4 Å².